The summed E-state index contributed by atoms with van der Waals surface area (Å²) in [5.74, 6) is 0.0533. The number of thioether (sulfide) groups is 1. The van der Waals surface area contributed by atoms with Gasteiger partial charge in [0.25, 0.3) is 0 Å². The molecule has 0 saturated heterocycles. The standard InChI is InChI=1S/C24H33N3O4S3/c1-23-7-6-18(29)24(2,13-28)17(23)10-16-21(27-22(34-16)26-20(31)12-32-3)15(23)9-19(30)25-11-14-5-4-8-33-14/h4-5,8,15,17-18,28-29H,6-7,9-13H2,1-3H3,(H,25,30)(H,26,27,31)/t15-,17+,18-,23+,24+/m1/s1. The van der Waals surface area contributed by atoms with Crippen molar-refractivity contribution in [2.45, 2.75) is 58.1 Å². The van der Waals surface area contributed by atoms with Crippen LogP contribution >= 0.6 is 34.4 Å². The normalized spacial score (nSPS) is 30.3. The lowest BCUT2D eigenvalue weighted by Gasteiger charge is -2.58. The number of thiazole rings is 1. The summed E-state index contributed by atoms with van der Waals surface area (Å²) in [6.07, 6.45) is 3.56. The summed E-state index contributed by atoms with van der Waals surface area (Å²) < 4.78 is 0. The van der Waals surface area contributed by atoms with Gasteiger partial charge in [0, 0.05) is 27.5 Å². The third kappa shape index (κ3) is 4.80. The Bertz CT molecular complexity index is 1030. The molecule has 0 unspecified atom stereocenters. The largest absolute Gasteiger partial charge is 0.396 e. The highest BCUT2D eigenvalue weighted by atomic mass is 32.2. The summed E-state index contributed by atoms with van der Waals surface area (Å²) in [5, 5.41) is 29.7. The highest BCUT2D eigenvalue weighted by Gasteiger charge is 2.59. The van der Waals surface area contributed by atoms with Crippen molar-refractivity contribution in [3.63, 3.8) is 0 Å². The Labute approximate surface area is 212 Å². The first-order chi connectivity index (χ1) is 16.2. The zero-order valence-electron chi connectivity index (χ0n) is 19.8. The van der Waals surface area contributed by atoms with Crippen molar-refractivity contribution in [2.24, 2.45) is 16.7 Å². The van der Waals surface area contributed by atoms with E-state index >= 15 is 0 Å². The lowest BCUT2D eigenvalue weighted by Crippen LogP contribution is -2.57. The molecule has 2 aromatic rings. The summed E-state index contributed by atoms with van der Waals surface area (Å²) in [4.78, 5) is 32.2. The van der Waals surface area contributed by atoms with Gasteiger partial charge in [-0.15, -0.1) is 22.7 Å². The predicted molar refractivity (Wildman–Crippen MR) is 138 cm³/mol. The molecule has 186 valence electrons. The number of hydrogen-bond acceptors (Lipinski definition) is 8. The molecule has 5 atom stereocenters. The van der Waals surface area contributed by atoms with E-state index in [1.165, 1.54) is 23.1 Å². The maximum atomic E-state index is 13.1. The van der Waals surface area contributed by atoms with Crippen LogP contribution in [0, 0.1) is 16.7 Å². The number of anilines is 1. The Hall–Kier alpha value is -1.46. The molecule has 0 radical (unpaired) electrons. The van der Waals surface area contributed by atoms with E-state index in [-0.39, 0.29) is 42.1 Å². The Kier molecular flexibility index (Phi) is 7.74. The summed E-state index contributed by atoms with van der Waals surface area (Å²) in [6, 6.07) is 3.97. The maximum absolute atomic E-state index is 13.1. The van der Waals surface area contributed by atoms with Crippen LogP contribution in [0.2, 0.25) is 0 Å². The topological polar surface area (TPSA) is 112 Å². The van der Waals surface area contributed by atoms with E-state index in [0.717, 1.165) is 21.9 Å². The Morgan fingerprint density at radius 2 is 2.12 bits per heavy atom. The molecule has 1 saturated carbocycles. The first kappa shape index (κ1) is 25.6. The summed E-state index contributed by atoms with van der Waals surface area (Å²) in [6.45, 7) is 4.53. The number of aliphatic hydroxyl groups excluding tert-OH is 2. The molecule has 4 rings (SSSR count). The predicted octanol–water partition coefficient (Wildman–Crippen LogP) is 3.63. The molecule has 10 heteroatoms. The zero-order valence-corrected chi connectivity index (χ0v) is 22.2. The van der Waals surface area contributed by atoms with Crippen LogP contribution < -0.4 is 10.6 Å². The van der Waals surface area contributed by atoms with Gasteiger partial charge in [-0.3, -0.25) is 9.59 Å². The Morgan fingerprint density at radius 3 is 2.79 bits per heavy atom. The molecule has 2 aliphatic rings. The molecule has 4 N–H and O–H groups in total. The fourth-order valence-electron chi connectivity index (χ4n) is 5.84. The van der Waals surface area contributed by atoms with Gasteiger partial charge >= 0.3 is 0 Å². The fourth-order valence-corrected chi connectivity index (χ4v) is 7.91. The van der Waals surface area contributed by atoms with Gasteiger partial charge in [0.2, 0.25) is 11.8 Å². The molecule has 34 heavy (non-hydrogen) atoms. The minimum atomic E-state index is -0.664. The molecular formula is C24H33N3O4S3. The highest BCUT2D eigenvalue weighted by Crippen LogP contribution is 2.62. The number of nitrogens with one attached hydrogen (secondary N) is 2. The number of carbonyl (C=O) groups is 2. The fraction of sp³-hybridized carbons (Fsp3) is 0.625. The van der Waals surface area contributed by atoms with Crippen molar-refractivity contribution in [1.82, 2.24) is 10.3 Å². The number of fused-ring (bicyclic) bond motifs is 2. The van der Waals surface area contributed by atoms with Crippen molar-refractivity contribution in [1.29, 1.82) is 0 Å². The summed E-state index contributed by atoms with van der Waals surface area (Å²) in [7, 11) is 0. The molecule has 2 amide bonds. The van der Waals surface area contributed by atoms with E-state index in [1.54, 1.807) is 11.3 Å². The van der Waals surface area contributed by atoms with Crippen LogP contribution in [0.1, 0.15) is 54.5 Å². The van der Waals surface area contributed by atoms with E-state index in [1.807, 2.05) is 30.7 Å². The lowest BCUT2D eigenvalue weighted by atomic mass is 9.47. The van der Waals surface area contributed by atoms with Crippen LogP contribution in [0.4, 0.5) is 5.13 Å². The van der Waals surface area contributed by atoms with E-state index in [0.29, 0.717) is 30.3 Å². The molecule has 1 fully saturated rings. The number of amides is 2. The van der Waals surface area contributed by atoms with Gasteiger partial charge in [-0.2, -0.15) is 11.8 Å². The molecule has 0 aliphatic heterocycles. The number of aliphatic hydroxyl groups is 2. The van der Waals surface area contributed by atoms with Crippen LogP contribution in [0.3, 0.4) is 0 Å². The number of hydrogen-bond donors (Lipinski definition) is 4. The van der Waals surface area contributed by atoms with Crippen molar-refractivity contribution in [2.75, 3.05) is 23.9 Å². The molecular weight excluding hydrogens is 490 g/mol. The van der Waals surface area contributed by atoms with Crippen LogP contribution in [0.25, 0.3) is 0 Å². The van der Waals surface area contributed by atoms with Gasteiger partial charge in [-0.05, 0) is 48.3 Å². The molecule has 0 aromatic carbocycles. The van der Waals surface area contributed by atoms with Gasteiger partial charge in [0.15, 0.2) is 5.13 Å². The monoisotopic (exact) mass is 523 g/mol. The SMILES string of the molecule is CSCC(=O)Nc1nc2c(s1)C[C@@H]1[C@](C)(CO)[C@H](O)CC[C@@]1(C)[C@@H]2CC(=O)NCc1cccs1. The van der Waals surface area contributed by atoms with Crippen molar-refractivity contribution in [3.8, 4) is 0 Å². The van der Waals surface area contributed by atoms with E-state index < -0.39 is 11.5 Å². The van der Waals surface area contributed by atoms with Gasteiger partial charge in [0.05, 0.1) is 30.7 Å². The third-order valence-electron chi connectivity index (χ3n) is 7.84. The quantitative estimate of drug-likeness (QED) is 0.421. The minimum Gasteiger partial charge on any atom is -0.396 e. The Balaban J connectivity index is 1.65. The maximum Gasteiger partial charge on any atom is 0.236 e. The number of carbonyl (C=O) groups excluding carboxylic acids is 2. The van der Waals surface area contributed by atoms with Crippen LogP contribution in [-0.2, 0) is 22.6 Å². The smallest absolute Gasteiger partial charge is 0.236 e. The van der Waals surface area contributed by atoms with Gasteiger partial charge in [-0.25, -0.2) is 4.98 Å². The second-order valence-corrected chi connectivity index (χ2v) is 12.9. The molecule has 0 spiro atoms. The van der Waals surface area contributed by atoms with Crippen LogP contribution in [0.5, 0.6) is 0 Å². The van der Waals surface area contributed by atoms with Crippen LogP contribution in [-0.4, -0.2) is 51.7 Å². The molecule has 0 bridgehead atoms. The number of rotatable bonds is 8. The summed E-state index contributed by atoms with van der Waals surface area (Å²) >= 11 is 4.52. The van der Waals surface area contributed by atoms with E-state index in [2.05, 4.69) is 17.6 Å². The number of aromatic nitrogens is 1. The first-order valence-corrected chi connectivity index (χ1v) is 14.7. The minimum absolute atomic E-state index is 0.00783. The molecule has 2 heterocycles. The number of thiophene rings is 1. The molecule has 2 aliphatic carbocycles. The second-order valence-electron chi connectivity index (χ2n) is 9.90. The average Bonchev–Trinajstić information content (AvgIpc) is 3.46. The molecule has 2 aromatic heterocycles. The lowest BCUT2D eigenvalue weighted by molar-refractivity contribution is -0.144. The highest BCUT2D eigenvalue weighted by molar-refractivity contribution is 7.99. The first-order valence-electron chi connectivity index (χ1n) is 11.6. The molecule has 7 nitrogen and oxygen atoms in total. The second kappa shape index (κ2) is 10.3. The van der Waals surface area contributed by atoms with E-state index in [4.69, 9.17) is 4.98 Å². The third-order valence-corrected chi connectivity index (χ3v) is 10.3. The van der Waals surface area contributed by atoms with Gasteiger partial charge in [0.1, 0.15) is 0 Å². The van der Waals surface area contributed by atoms with Crippen molar-refractivity contribution < 1.29 is 19.8 Å². The van der Waals surface area contributed by atoms with Gasteiger partial charge in [-0.1, -0.05) is 19.9 Å². The zero-order chi connectivity index (χ0) is 24.5. The van der Waals surface area contributed by atoms with Crippen molar-refractivity contribution in [3.05, 3.63) is 33.0 Å². The van der Waals surface area contributed by atoms with E-state index in [9.17, 15) is 19.8 Å². The van der Waals surface area contributed by atoms with Gasteiger partial charge < -0.3 is 20.8 Å². The Morgan fingerprint density at radius 1 is 1.32 bits per heavy atom. The van der Waals surface area contributed by atoms with Crippen molar-refractivity contribution >= 4 is 51.4 Å². The summed E-state index contributed by atoms with van der Waals surface area (Å²) in [5.41, 5.74) is -0.0903. The number of nitrogens with zero attached hydrogens (tertiary/aromatic N) is 1. The average molecular weight is 524 g/mol. The van der Waals surface area contributed by atoms with Crippen LogP contribution in [0.15, 0.2) is 17.5 Å².